The zero-order valence-corrected chi connectivity index (χ0v) is 20.0. The van der Waals surface area contributed by atoms with Crippen LogP contribution in [0.4, 0.5) is 11.4 Å². The summed E-state index contributed by atoms with van der Waals surface area (Å²) in [6.45, 7) is 0.382. The fraction of sp³-hybridized carbons (Fsp3) is 0.125. The van der Waals surface area contributed by atoms with Crippen LogP contribution in [0.3, 0.4) is 0 Å². The van der Waals surface area contributed by atoms with Gasteiger partial charge in [-0.3, -0.25) is 14.5 Å². The number of aliphatic imine (C=N–C) groups is 1. The molecule has 1 heterocycles. The van der Waals surface area contributed by atoms with E-state index in [1.54, 1.807) is 35.2 Å². The number of benzene rings is 3. The number of thioether (sulfide) groups is 1. The monoisotopic (exact) mass is 527 g/mol. The SMILES string of the molecule is O=C(Nc1ccc(Br)cc1)C1CC(=O)N(Cc2ccccc2)C(=Nc2cccc(Cl)c2)S1. The van der Waals surface area contributed by atoms with E-state index in [2.05, 4.69) is 26.2 Å². The number of hydrogen-bond donors (Lipinski definition) is 1. The van der Waals surface area contributed by atoms with Gasteiger partial charge in [-0.25, -0.2) is 4.99 Å². The van der Waals surface area contributed by atoms with Gasteiger partial charge in [-0.1, -0.05) is 75.7 Å². The first kappa shape index (κ1) is 22.6. The zero-order valence-electron chi connectivity index (χ0n) is 16.9. The van der Waals surface area contributed by atoms with E-state index >= 15 is 0 Å². The molecule has 0 saturated carbocycles. The second-order valence-electron chi connectivity index (χ2n) is 7.15. The van der Waals surface area contributed by atoms with Crippen LogP contribution in [-0.4, -0.2) is 27.1 Å². The lowest BCUT2D eigenvalue weighted by Gasteiger charge is -2.32. The number of anilines is 1. The van der Waals surface area contributed by atoms with E-state index in [1.165, 1.54) is 11.8 Å². The highest BCUT2D eigenvalue weighted by Gasteiger charge is 2.36. The standard InChI is InChI=1S/C24H19BrClN3O2S/c25-17-9-11-19(12-10-17)27-23(31)21-14-22(30)29(15-16-5-2-1-3-6-16)24(32-21)28-20-8-4-7-18(26)13-20/h1-13,21H,14-15H2,(H,27,31). The first-order valence-electron chi connectivity index (χ1n) is 9.89. The van der Waals surface area contributed by atoms with Crippen molar-refractivity contribution < 1.29 is 9.59 Å². The van der Waals surface area contributed by atoms with Crippen LogP contribution in [0.1, 0.15) is 12.0 Å². The minimum absolute atomic E-state index is 0.0917. The first-order chi connectivity index (χ1) is 15.5. The largest absolute Gasteiger partial charge is 0.325 e. The van der Waals surface area contributed by atoms with Gasteiger partial charge in [-0.2, -0.15) is 0 Å². The van der Waals surface area contributed by atoms with Gasteiger partial charge in [0, 0.05) is 21.6 Å². The molecular weight excluding hydrogens is 510 g/mol. The van der Waals surface area contributed by atoms with Crippen molar-refractivity contribution in [3.63, 3.8) is 0 Å². The molecule has 0 spiro atoms. The molecule has 32 heavy (non-hydrogen) atoms. The predicted molar refractivity (Wildman–Crippen MR) is 134 cm³/mol. The summed E-state index contributed by atoms with van der Waals surface area (Å²) >= 11 is 10.8. The Morgan fingerprint density at radius 3 is 2.56 bits per heavy atom. The van der Waals surface area contributed by atoms with Crippen molar-refractivity contribution in [1.82, 2.24) is 4.90 Å². The highest BCUT2D eigenvalue weighted by Crippen LogP contribution is 2.31. The van der Waals surface area contributed by atoms with E-state index in [1.807, 2.05) is 48.5 Å². The summed E-state index contributed by atoms with van der Waals surface area (Å²) in [5.41, 5.74) is 2.28. The number of halogens is 2. The molecule has 0 bridgehead atoms. The topological polar surface area (TPSA) is 61.8 Å². The molecule has 0 aromatic heterocycles. The summed E-state index contributed by atoms with van der Waals surface area (Å²) in [6, 6.07) is 24.1. The molecule has 5 nitrogen and oxygen atoms in total. The maximum absolute atomic E-state index is 13.1. The number of nitrogens with one attached hydrogen (secondary N) is 1. The molecule has 1 fully saturated rings. The zero-order chi connectivity index (χ0) is 22.5. The van der Waals surface area contributed by atoms with Gasteiger partial charge in [0.2, 0.25) is 11.8 Å². The minimum Gasteiger partial charge on any atom is -0.325 e. The normalized spacial score (nSPS) is 17.4. The maximum Gasteiger partial charge on any atom is 0.238 e. The lowest BCUT2D eigenvalue weighted by atomic mass is 10.2. The number of amides is 2. The van der Waals surface area contributed by atoms with Crippen molar-refractivity contribution in [2.45, 2.75) is 18.2 Å². The molecule has 1 aliphatic heterocycles. The van der Waals surface area contributed by atoms with Gasteiger partial charge < -0.3 is 5.32 Å². The quantitative estimate of drug-likeness (QED) is 0.425. The second-order valence-corrected chi connectivity index (χ2v) is 9.67. The maximum atomic E-state index is 13.1. The molecule has 1 unspecified atom stereocenters. The van der Waals surface area contributed by atoms with Crippen LogP contribution in [0.2, 0.25) is 5.02 Å². The van der Waals surface area contributed by atoms with Crippen molar-refractivity contribution in [1.29, 1.82) is 0 Å². The van der Waals surface area contributed by atoms with Crippen LogP contribution < -0.4 is 5.32 Å². The van der Waals surface area contributed by atoms with Gasteiger partial charge in [0.25, 0.3) is 0 Å². The highest BCUT2D eigenvalue weighted by molar-refractivity contribution is 9.10. The van der Waals surface area contributed by atoms with E-state index < -0.39 is 5.25 Å². The fourth-order valence-corrected chi connectivity index (χ4v) is 4.72. The summed E-state index contributed by atoms with van der Waals surface area (Å²) in [7, 11) is 0. The van der Waals surface area contributed by atoms with E-state index in [0.717, 1.165) is 10.0 Å². The minimum atomic E-state index is -0.587. The summed E-state index contributed by atoms with van der Waals surface area (Å²) in [5.74, 6) is -0.381. The molecule has 1 N–H and O–H groups in total. The number of hydrogen-bond acceptors (Lipinski definition) is 4. The molecule has 8 heteroatoms. The molecule has 0 aliphatic carbocycles. The van der Waals surface area contributed by atoms with Crippen molar-refractivity contribution in [2.75, 3.05) is 5.32 Å². The molecule has 0 radical (unpaired) electrons. The highest BCUT2D eigenvalue weighted by atomic mass is 79.9. The lowest BCUT2D eigenvalue weighted by molar-refractivity contribution is -0.129. The Kier molecular flexibility index (Phi) is 7.29. The molecule has 3 aromatic carbocycles. The van der Waals surface area contributed by atoms with Crippen molar-refractivity contribution in [3.8, 4) is 0 Å². The fourth-order valence-electron chi connectivity index (χ4n) is 3.17. The third-order valence-corrected chi connectivity index (χ3v) is 6.71. The molecule has 2 amide bonds. The van der Waals surface area contributed by atoms with Crippen LogP contribution in [0.5, 0.6) is 0 Å². The summed E-state index contributed by atoms with van der Waals surface area (Å²) in [4.78, 5) is 32.3. The van der Waals surface area contributed by atoms with Crippen LogP contribution >= 0.6 is 39.3 Å². The molecule has 4 rings (SSSR count). The van der Waals surface area contributed by atoms with Crippen LogP contribution in [0.25, 0.3) is 0 Å². The van der Waals surface area contributed by atoms with E-state index in [4.69, 9.17) is 11.6 Å². The smallest absolute Gasteiger partial charge is 0.238 e. The van der Waals surface area contributed by atoms with Gasteiger partial charge >= 0.3 is 0 Å². The van der Waals surface area contributed by atoms with Crippen molar-refractivity contribution in [3.05, 3.63) is 93.9 Å². The summed E-state index contributed by atoms with van der Waals surface area (Å²) < 4.78 is 0.921. The number of amidine groups is 1. The molecule has 162 valence electrons. The van der Waals surface area contributed by atoms with E-state index in [-0.39, 0.29) is 18.2 Å². The Morgan fingerprint density at radius 1 is 1.09 bits per heavy atom. The lowest BCUT2D eigenvalue weighted by Crippen LogP contribution is -2.44. The van der Waals surface area contributed by atoms with E-state index in [9.17, 15) is 9.59 Å². The molecule has 1 aliphatic rings. The van der Waals surface area contributed by atoms with Crippen LogP contribution in [0.15, 0.2) is 88.3 Å². The number of rotatable bonds is 5. The second kappa shape index (κ2) is 10.3. The average Bonchev–Trinajstić information content (AvgIpc) is 2.78. The Labute approximate surface area is 204 Å². The molecular formula is C24H19BrClN3O2S. The number of nitrogens with zero attached hydrogens (tertiary/aromatic N) is 2. The molecule has 1 saturated heterocycles. The van der Waals surface area contributed by atoms with E-state index in [0.29, 0.717) is 28.1 Å². The Morgan fingerprint density at radius 2 is 1.84 bits per heavy atom. The summed E-state index contributed by atoms with van der Waals surface area (Å²) in [6.07, 6.45) is 0.0917. The van der Waals surface area contributed by atoms with Gasteiger partial charge in [0.1, 0.15) is 5.25 Å². The molecule has 3 aromatic rings. The Bertz CT molecular complexity index is 1160. The third kappa shape index (κ3) is 5.79. The number of carbonyl (C=O) groups excluding carboxylic acids is 2. The Balaban J connectivity index is 1.59. The number of carbonyl (C=O) groups is 2. The average molecular weight is 529 g/mol. The third-order valence-electron chi connectivity index (χ3n) is 4.76. The van der Waals surface area contributed by atoms with Crippen LogP contribution in [0, 0.1) is 0 Å². The van der Waals surface area contributed by atoms with Crippen LogP contribution in [-0.2, 0) is 16.1 Å². The predicted octanol–water partition coefficient (Wildman–Crippen LogP) is 6.26. The van der Waals surface area contributed by atoms with Crippen molar-refractivity contribution >= 4 is 67.6 Å². The summed E-state index contributed by atoms with van der Waals surface area (Å²) in [5, 5.41) is 3.33. The van der Waals surface area contributed by atoms with Gasteiger partial charge in [-0.15, -0.1) is 0 Å². The van der Waals surface area contributed by atoms with Gasteiger partial charge in [-0.05, 0) is 48.0 Å². The molecule has 1 atom stereocenters. The first-order valence-corrected chi connectivity index (χ1v) is 11.9. The van der Waals surface area contributed by atoms with Crippen molar-refractivity contribution in [2.24, 2.45) is 4.99 Å². The van der Waals surface area contributed by atoms with Gasteiger partial charge in [0.15, 0.2) is 5.17 Å². The van der Waals surface area contributed by atoms with Gasteiger partial charge in [0.05, 0.1) is 12.2 Å². The Hall–Kier alpha value is -2.61.